The van der Waals surface area contributed by atoms with E-state index in [1.54, 1.807) is 0 Å². The number of hydrogen-bond donors (Lipinski definition) is 2. The first-order chi connectivity index (χ1) is 6.81. The summed E-state index contributed by atoms with van der Waals surface area (Å²) in [4.78, 5) is 11.7. The molecule has 0 radical (unpaired) electrons. The number of amides is 1. The van der Waals surface area contributed by atoms with Gasteiger partial charge in [0.2, 0.25) is 5.91 Å². The van der Waals surface area contributed by atoms with Crippen molar-refractivity contribution in [2.24, 2.45) is 5.92 Å². The Morgan fingerprint density at radius 2 is 2.07 bits per heavy atom. The molecule has 14 heavy (non-hydrogen) atoms. The minimum Gasteiger partial charge on any atom is -0.383 e. The highest BCUT2D eigenvalue weighted by atomic mass is 16.1. The summed E-state index contributed by atoms with van der Waals surface area (Å²) in [5.74, 6) is 0.187. The third kappa shape index (κ3) is 1.58. The Kier molecular flexibility index (Phi) is 2.39. The molecular formula is C11H14N2O. The number of rotatable bonds is 1. The maximum absolute atomic E-state index is 11.7. The Morgan fingerprint density at radius 1 is 1.36 bits per heavy atom. The minimum absolute atomic E-state index is 0.0717. The summed E-state index contributed by atoms with van der Waals surface area (Å²) in [7, 11) is 0. The van der Waals surface area contributed by atoms with Crippen molar-refractivity contribution in [1.82, 2.24) is 0 Å². The first-order valence-corrected chi connectivity index (χ1v) is 4.95. The van der Waals surface area contributed by atoms with E-state index in [2.05, 4.69) is 10.6 Å². The fourth-order valence-corrected chi connectivity index (χ4v) is 1.64. The zero-order chi connectivity index (χ0) is 9.97. The molecule has 0 bridgehead atoms. The first-order valence-electron chi connectivity index (χ1n) is 4.95. The Balaban J connectivity index is 2.28. The van der Waals surface area contributed by atoms with Crippen LogP contribution in [0.3, 0.4) is 0 Å². The lowest BCUT2D eigenvalue weighted by Gasteiger charge is -2.09. The van der Waals surface area contributed by atoms with Gasteiger partial charge in [0.05, 0.1) is 17.3 Å². The summed E-state index contributed by atoms with van der Waals surface area (Å²) in [6, 6.07) is 7.78. The van der Waals surface area contributed by atoms with Gasteiger partial charge in [0, 0.05) is 6.54 Å². The second-order valence-corrected chi connectivity index (χ2v) is 3.52. The SMILES string of the molecule is CCC1CNc2ccccc2NC1=O. The summed E-state index contributed by atoms with van der Waals surface area (Å²) in [6.07, 6.45) is 0.868. The molecule has 0 aliphatic carbocycles. The number of carbonyl (C=O) groups is 1. The smallest absolute Gasteiger partial charge is 0.229 e. The lowest BCUT2D eigenvalue weighted by atomic mass is 10.1. The molecular weight excluding hydrogens is 176 g/mol. The molecule has 1 amide bonds. The van der Waals surface area contributed by atoms with Crippen molar-refractivity contribution in [2.75, 3.05) is 17.2 Å². The van der Waals surface area contributed by atoms with Crippen LogP contribution in [0.4, 0.5) is 11.4 Å². The maximum Gasteiger partial charge on any atom is 0.229 e. The standard InChI is InChI=1S/C11H14N2O/c1-2-8-7-12-9-5-3-4-6-10(9)13-11(8)14/h3-6,8,12H,2,7H2,1H3,(H,13,14). The first kappa shape index (κ1) is 9.06. The van der Waals surface area contributed by atoms with E-state index in [4.69, 9.17) is 0 Å². The molecule has 3 nitrogen and oxygen atoms in total. The molecule has 2 rings (SSSR count). The predicted octanol–water partition coefficient (Wildman–Crippen LogP) is 2.08. The molecule has 0 spiro atoms. The summed E-state index contributed by atoms with van der Waals surface area (Å²) in [5.41, 5.74) is 1.89. The van der Waals surface area contributed by atoms with Crippen molar-refractivity contribution in [3.05, 3.63) is 24.3 Å². The fourth-order valence-electron chi connectivity index (χ4n) is 1.64. The van der Waals surface area contributed by atoms with E-state index in [-0.39, 0.29) is 11.8 Å². The van der Waals surface area contributed by atoms with Gasteiger partial charge in [0.15, 0.2) is 0 Å². The van der Waals surface area contributed by atoms with Gasteiger partial charge in [-0.3, -0.25) is 4.79 Å². The minimum atomic E-state index is 0.0717. The Hall–Kier alpha value is -1.51. The van der Waals surface area contributed by atoms with E-state index in [9.17, 15) is 4.79 Å². The van der Waals surface area contributed by atoms with Crippen LogP contribution in [0, 0.1) is 5.92 Å². The van der Waals surface area contributed by atoms with E-state index in [0.29, 0.717) is 0 Å². The van der Waals surface area contributed by atoms with Crippen LogP contribution in [0.1, 0.15) is 13.3 Å². The zero-order valence-electron chi connectivity index (χ0n) is 8.21. The van der Waals surface area contributed by atoms with Gasteiger partial charge >= 0.3 is 0 Å². The molecule has 3 heteroatoms. The normalized spacial score (nSPS) is 20.4. The van der Waals surface area contributed by atoms with Crippen LogP contribution in [0.25, 0.3) is 0 Å². The number of fused-ring (bicyclic) bond motifs is 1. The van der Waals surface area contributed by atoms with Gasteiger partial charge in [-0.15, -0.1) is 0 Å². The number of carbonyl (C=O) groups excluding carboxylic acids is 1. The summed E-state index contributed by atoms with van der Waals surface area (Å²) >= 11 is 0. The molecule has 1 atom stereocenters. The van der Waals surface area contributed by atoms with Gasteiger partial charge in [0.25, 0.3) is 0 Å². The summed E-state index contributed by atoms with van der Waals surface area (Å²) in [6.45, 7) is 2.75. The van der Waals surface area contributed by atoms with Crippen molar-refractivity contribution >= 4 is 17.3 Å². The van der Waals surface area contributed by atoms with E-state index in [0.717, 1.165) is 24.3 Å². The summed E-state index contributed by atoms with van der Waals surface area (Å²) in [5, 5.41) is 6.20. The van der Waals surface area contributed by atoms with Crippen LogP contribution in [0.15, 0.2) is 24.3 Å². The molecule has 0 fully saturated rings. The van der Waals surface area contributed by atoms with Crippen molar-refractivity contribution in [3.63, 3.8) is 0 Å². The monoisotopic (exact) mass is 190 g/mol. The van der Waals surface area contributed by atoms with Gasteiger partial charge < -0.3 is 10.6 Å². The largest absolute Gasteiger partial charge is 0.383 e. The van der Waals surface area contributed by atoms with E-state index in [1.807, 2.05) is 31.2 Å². The second kappa shape index (κ2) is 3.70. The van der Waals surface area contributed by atoms with Crippen LogP contribution >= 0.6 is 0 Å². The molecule has 1 aliphatic heterocycles. The van der Waals surface area contributed by atoms with Gasteiger partial charge in [-0.1, -0.05) is 19.1 Å². The molecule has 0 saturated heterocycles. The van der Waals surface area contributed by atoms with Crippen LogP contribution < -0.4 is 10.6 Å². The Labute approximate surface area is 83.5 Å². The summed E-state index contributed by atoms with van der Waals surface area (Å²) < 4.78 is 0. The quantitative estimate of drug-likeness (QED) is 0.711. The Bertz CT molecular complexity index is 349. The van der Waals surface area contributed by atoms with Crippen LogP contribution in [-0.2, 0) is 4.79 Å². The average molecular weight is 190 g/mol. The lowest BCUT2D eigenvalue weighted by Crippen LogP contribution is -2.24. The highest BCUT2D eigenvalue weighted by molar-refractivity contribution is 5.97. The van der Waals surface area contributed by atoms with Gasteiger partial charge in [-0.05, 0) is 18.6 Å². The van der Waals surface area contributed by atoms with Crippen molar-refractivity contribution in [1.29, 1.82) is 0 Å². The second-order valence-electron chi connectivity index (χ2n) is 3.52. The van der Waals surface area contributed by atoms with E-state index in [1.165, 1.54) is 0 Å². The van der Waals surface area contributed by atoms with Gasteiger partial charge in [-0.2, -0.15) is 0 Å². The number of para-hydroxylation sites is 2. The molecule has 74 valence electrons. The Morgan fingerprint density at radius 3 is 2.79 bits per heavy atom. The topological polar surface area (TPSA) is 41.1 Å². The van der Waals surface area contributed by atoms with E-state index >= 15 is 0 Å². The molecule has 1 aromatic rings. The van der Waals surface area contributed by atoms with Gasteiger partial charge in [-0.25, -0.2) is 0 Å². The van der Waals surface area contributed by atoms with Crippen LogP contribution in [0.2, 0.25) is 0 Å². The molecule has 0 saturated carbocycles. The van der Waals surface area contributed by atoms with Crippen LogP contribution in [-0.4, -0.2) is 12.5 Å². The maximum atomic E-state index is 11.7. The molecule has 1 heterocycles. The van der Waals surface area contributed by atoms with Crippen molar-refractivity contribution in [2.45, 2.75) is 13.3 Å². The molecule has 0 aromatic heterocycles. The van der Waals surface area contributed by atoms with Crippen LogP contribution in [0.5, 0.6) is 0 Å². The predicted molar refractivity (Wildman–Crippen MR) is 57.3 cm³/mol. The number of anilines is 2. The average Bonchev–Trinajstić information content (AvgIpc) is 2.36. The number of hydrogen-bond acceptors (Lipinski definition) is 2. The van der Waals surface area contributed by atoms with E-state index < -0.39 is 0 Å². The third-order valence-corrected chi connectivity index (χ3v) is 2.59. The molecule has 1 aliphatic rings. The lowest BCUT2D eigenvalue weighted by molar-refractivity contribution is -0.119. The van der Waals surface area contributed by atoms with Crippen molar-refractivity contribution < 1.29 is 4.79 Å². The number of nitrogens with one attached hydrogen (secondary N) is 2. The fraction of sp³-hybridized carbons (Fsp3) is 0.364. The third-order valence-electron chi connectivity index (χ3n) is 2.59. The highest BCUT2D eigenvalue weighted by Crippen LogP contribution is 2.25. The zero-order valence-corrected chi connectivity index (χ0v) is 8.21. The van der Waals surface area contributed by atoms with Gasteiger partial charge in [0.1, 0.15) is 0 Å². The molecule has 1 unspecified atom stereocenters. The van der Waals surface area contributed by atoms with Crippen molar-refractivity contribution in [3.8, 4) is 0 Å². The highest BCUT2D eigenvalue weighted by Gasteiger charge is 2.20. The molecule has 2 N–H and O–H groups in total. The molecule has 1 aromatic carbocycles. The number of benzene rings is 1.